The molecule has 1 amide bonds. The van der Waals surface area contributed by atoms with Crippen molar-refractivity contribution in [3.05, 3.63) is 39.6 Å². The molecule has 0 atom stereocenters. The number of amides is 1. The minimum absolute atomic E-state index is 0.0278. The van der Waals surface area contributed by atoms with Crippen LogP contribution in [0.5, 0.6) is 5.75 Å². The Hall–Kier alpha value is -2.89. The largest absolute Gasteiger partial charge is 0.507 e. The van der Waals surface area contributed by atoms with E-state index in [1.807, 2.05) is 6.92 Å². The van der Waals surface area contributed by atoms with Crippen LogP contribution in [0.25, 0.3) is 21.1 Å². The molecule has 0 aliphatic carbocycles. The second-order valence-corrected chi connectivity index (χ2v) is 8.55. The Balaban J connectivity index is 1.80. The Bertz CT molecular complexity index is 1110. The number of hydrogen-bond acceptors (Lipinski definition) is 8. The number of hydrogen-bond donors (Lipinski definition) is 3. The van der Waals surface area contributed by atoms with Crippen LogP contribution in [-0.2, 0) is 11.3 Å². The minimum atomic E-state index is -1.41. The molecule has 0 aliphatic rings. The summed E-state index contributed by atoms with van der Waals surface area (Å²) in [4.78, 5) is 33.9. The zero-order valence-electron chi connectivity index (χ0n) is 16.4. The number of benzene rings is 1. The van der Waals surface area contributed by atoms with Crippen molar-refractivity contribution in [2.45, 2.75) is 13.5 Å². The van der Waals surface area contributed by atoms with Gasteiger partial charge < -0.3 is 20.4 Å². The van der Waals surface area contributed by atoms with Crippen molar-refractivity contribution in [3.8, 4) is 26.9 Å². The normalized spacial score (nSPS) is 10.9. The quantitative estimate of drug-likeness (QED) is 0.507. The number of nitrogens with one attached hydrogen (secondary N) is 1. The monoisotopic (exact) mass is 450 g/mol. The third-order valence-corrected chi connectivity index (χ3v) is 6.23. The number of thiazole rings is 2. The molecule has 0 spiro atoms. The van der Waals surface area contributed by atoms with Gasteiger partial charge in [0, 0.05) is 31.6 Å². The number of aromatic hydroxyl groups is 1. The lowest BCUT2D eigenvalue weighted by molar-refractivity contribution is -0.127. The number of rotatable bonds is 7. The molecular weight excluding hydrogens is 431 g/mol. The molecule has 0 bridgehead atoms. The highest BCUT2D eigenvalue weighted by Crippen LogP contribution is 2.36. The Morgan fingerprint density at radius 3 is 2.67 bits per heavy atom. The predicted molar refractivity (Wildman–Crippen MR) is 112 cm³/mol. The van der Waals surface area contributed by atoms with Crippen LogP contribution in [0.15, 0.2) is 17.5 Å². The van der Waals surface area contributed by atoms with Gasteiger partial charge in [-0.15, -0.1) is 22.7 Å². The first kappa shape index (κ1) is 21.8. The average molecular weight is 451 g/mol. The van der Waals surface area contributed by atoms with Crippen molar-refractivity contribution in [2.75, 3.05) is 20.6 Å². The van der Waals surface area contributed by atoms with Crippen LogP contribution in [0.3, 0.4) is 0 Å². The fourth-order valence-corrected chi connectivity index (χ4v) is 4.50. The first-order valence-electron chi connectivity index (χ1n) is 8.76. The number of carbonyl (C=O) groups excluding carboxylic acids is 1. The number of carbonyl (C=O) groups is 2. The molecule has 0 saturated heterocycles. The number of phenols is 1. The molecule has 158 valence electrons. The van der Waals surface area contributed by atoms with Gasteiger partial charge >= 0.3 is 5.97 Å². The van der Waals surface area contributed by atoms with Gasteiger partial charge in [-0.25, -0.2) is 19.2 Å². The first-order chi connectivity index (χ1) is 14.2. The van der Waals surface area contributed by atoms with Gasteiger partial charge in [0.05, 0.1) is 22.8 Å². The molecule has 0 radical (unpaired) electrons. The molecule has 3 aromatic rings. The third kappa shape index (κ3) is 4.64. The molecule has 0 saturated carbocycles. The topological polar surface area (TPSA) is 116 Å². The van der Waals surface area contributed by atoms with Crippen LogP contribution in [-0.4, -0.2) is 57.6 Å². The molecule has 0 aliphatic heterocycles. The molecule has 30 heavy (non-hydrogen) atoms. The predicted octanol–water partition coefficient (Wildman–Crippen LogP) is 2.96. The average Bonchev–Trinajstić information content (AvgIpc) is 3.29. The van der Waals surface area contributed by atoms with E-state index in [1.165, 1.54) is 27.6 Å². The lowest BCUT2D eigenvalue weighted by Gasteiger charge is -2.09. The number of carboxylic acid groups (broad SMARTS) is 1. The fourth-order valence-electron chi connectivity index (χ4n) is 2.60. The number of likely N-dealkylation sites (N-methyl/N-ethyl adjacent to an activating group) is 1. The van der Waals surface area contributed by atoms with E-state index in [-0.39, 0.29) is 18.0 Å². The van der Waals surface area contributed by atoms with Crippen LogP contribution >= 0.6 is 22.7 Å². The van der Waals surface area contributed by atoms with Crippen molar-refractivity contribution in [2.24, 2.45) is 0 Å². The summed E-state index contributed by atoms with van der Waals surface area (Å²) in [6, 6.07) is 1.85. The minimum Gasteiger partial charge on any atom is -0.507 e. The number of nitrogens with zero attached hydrogens (tertiary/aromatic N) is 3. The van der Waals surface area contributed by atoms with E-state index in [2.05, 4.69) is 15.3 Å². The molecule has 0 fully saturated rings. The molecule has 3 rings (SSSR count). The second-order valence-electron chi connectivity index (χ2n) is 6.61. The Labute approximate surface area is 179 Å². The fraction of sp³-hybridized carbons (Fsp3) is 0.263. The molecule has 0 unspecified atom stereocenters. The van der Waals surface area contributed by atoms with Gasteiger partial charge in [0.2, 0.25) is 5.91 Å². The zero-order valence-corrected chi connectivity index (χ0v) is 18.0. The number of aromatic carboxylic acids is 1. The molecule has 3 N–H and O–H groups in total. The third-order valence-electron chi connectivity index (χ3n) is 4.18. The molecule has 2 aromatic heterocycles. The van der Waals surface area contributed by atoms with Crippen LogP contribution < -0.4 is 5.32 Å². The molecular formula is C19H19FN4O4S2. The first-order valence-corrected chi connectivity index (χ1v) is 10.5. The van der Waals surface area contributed by atoms with Crippen LogP contribution in [0.4, 0.5) is 4.39 Å². The van der Waals surface area contributed by atoms with Crippen molar-refractivity contribution in [1.82, 2.24) is 20.2 Å². The molecule has 11 heteroatoms. The maximum absolute atomic E-state index is 14.4. The smallest absolute Gasteiger partial charge is 0.339 e. The van der Waals surface area contributed by atoms with Crippen molar-refractivity contribution in [1.29, 1.82) is 0 Å². The van der Waals surface area contributed by atoms with Crippen LogP contribution in [0, 0.1) is 12.7 Å². The van der Waals surface area contributed by atoms with Gasteiger partial charge in [-0.1, -0.05) is 0 Å². The lowest BCUT2D eigenvalue weighted by Crippen LogP contribution is -2.32. The summed E-state index contributed by atoms with van der Waals surface area (Å²) in [5.41, 5.74) is 0.898. The Kier molecular flexibility index (Phi) is 6.44. The molecule has 8 nitrogen and oxygen atoms in total. The van der Waals surface area contributed by atoms with Crippen molar-refractivity contribution >= 4 is 34.6 Å². The number of carboxylic acids is 1. The van der Waals surface area contributed by atoms with Gasteiger partial charge in [0.1, 0.15) is 27.1 Å². The van der Waals surface area contributed by atoms with Crippen LogP contribution in [0.1, 0.15) is 21.1 Å². The van der Waals surface area contributed by atoms with Gasteiger partial charge in [-0.05, 0) is 19.1 Å². The summed E-state index contributed by atoms with van der Waals surface area (Å²) in [6.07, 6.45) is 0. The second kappa shape index (κ2) is 8.86. The summed E-state index contributed by atoms with van der Waals surface area (Å²) in [5.74, 6) is -2.74. The lowest BCUT2D eigenvalue weighted by atomic mass is 10.1. The van der Waals surface area contributed by atoms with Gasteiger partial charge in [-0.3, -0.25) is 4.79 Å². The number of halogens is 1. The van der Waals surface area contributed by atoms with Gasteiger partial charge in [0.15, 0.2) is 0 Å². The molecule has 1 aromatic carbocycles. The van der Waals surface area contributed by atoms with E-state index < -0.39 is 23.1 Å². The highest BCUT2D eigenvalue weighted by Gasteiger charge is 2.19. The van der Waals surface area contributed by atoms with E-state index in [1.54, 1.807) is 19.5 Å². The Morgan fingerprint density at radius 1 is 1.27 bits per heavy atom. The van der Waals surface area contributed by atoms with Crippen molar-refractivity contribution in [3.63, 3.8) is 0 Å². The highest BCUT2D eigenvalue weighted by molar-refractivity contribution is 7.16. The van der Waals surface area contributed by atoms with E-state index >= 15 is 0 Å². The Morgan fingerprint density at radius 2 is 2.00 bits per heavy atom. The number of aromatic nitrogens is 2. The standard InChI is InChI=1S/C19H19FN4O4S2/c1-9-17(30-15(22-9)6-21-7-16(26)24(2)3)13-8-29-18(23-13)10-5-14(25)11(19(27)28)4-12(10)20/h4-5,8,21,25H,6-7H2,1-3H3,(H,27,28). The highest BCUT2D eigenvalue weighted by atomic mass is 32.1. The summed E-state index contributed by atoms with van der Waals surface area (Å²) < 4.78 is 14.4. The summed E-state index contributed by atoms with van der Waals surface area (Å²) in [6.45, 7) is 2.48. The zero-order chi connectivity index (χ0) is 22.0. The summed E-state index contributed by atoms with van der Waals surface area (Å²) in [7, 11) is 3.38. The SMILES string of the molecule is Cc1nc(CNCC(=O)N(C)C)sc1-c1csc(-c2cc(O)c(C(=O)O)cc2F)n1. The maximum Gasteiger partial charge on any atom is 0.339 e. The number of aryl methyl sites for hydroxylation is 1. The van der Waals surface area contributed by atoms with E-state index in [9.17, 15) is 19.1 Å². The van der Waals surface area contributed by atoms with Gasteiger partial charge in [0.25, 0.3) is 0 Å². The van der Waals surface area contributed by atoms with E-state index in [0.29, 0.717) is 17.2 Å². The maximum atomic E-state index is 14.4. The summed E-state index contributed by atoms with van der Waals surface area (Å²) in [5, 5.41) is 24.8. The van der Waals surface area contributed by atoms with Crippen molar-refractivity contribution < 1.29 is 24.2 Å². The van der Waals surface area contributed by atoms with E-state index in [0.717, 1.165) is 27.7 Å². The van der Waals surface area contributed by atoms with Gasteiger partial charge in [-0.2, -0.15) is 0 Å². The van der Waals surface area contributed by atoms with E-state index in [4.69, 9.17) is 5.11 Å². The van der Waals surface area contributed by atoms with Crippen LogP contribution in [0.2, 0.25) is 0 Å². The summed E-state index contributed by atoms with van der Waals surface area (Å²) >= 11 is 2.60. The molecule has 2 heterocycles.